The fourth-order valence-electron chi connectivity index (χ4n) is 2.98. The molecular formula is C17H25BrO2. The van der Waals surface area contributed by atoms with Crippen molar-refractivity contribution < 1.29 is 9.47 Å². The number of ether oxygens (including phenoxy) is 2. The van der Waals surface area contributed by atoms with Crippen LogP contribution in [0.2, 0.25) is 0 Å². The highest BCUT2D eigenvalue weighted by atomic mass is 79.9. The molecule has 0 aromatic heterocycles. The summed E-state index contributed by atoms with van der Waals surface area (Å²) >= 11 is 3.59. The molecule has 2 rings (SSSR count). The van der Waals surface area contributed by atoms with Crippen LogP contribution in [0.4, 0.5) is 0 Å². The van der Waals surface area contributed by atoms with Crippen LogP contribution in [-0.4, -0.2) is 18.5 Å². The smallest absolute Gasteiger partial charge is 0.124 e. The Kier molecular flexibility index (Phi) is 5.91. The third kappa shape index (κ3) is 3.76. The van der Waals surface area contributed by atoms with Crippen molar-refractivity contribution in [3.05, 3.63) is 29.8 Å². The molecule has 3 heteroatoms. The van der Waals surface area contributed by atoms with E-state index in [1.54, 1.807) is 7.11 Å². The Morgan fingerprint density at radius 1 is 1.20 bits per heavy atom. The van der Waals surface area contributed by atoms with Gasteiger partial charge in [0, 0.05) is 10.9 Å². The van der Waals surface area contributed by atoms with Crippen molar-refractivity contribution in [1.29, 1.82) is 0 Å². The third-order valence-corrected chi connectivity index (χ3v) is 5.12. The maximum atomic E-state index is 6.36. The van der Waals surface area contributed by atoms with Gasteiger partial charge in [-0.3, -0.25) is 0 Å². The molecule has 1 saturated carbocycles. The van der Waals surface area contributed by atoms with Crippen molar-refractivity contribution in [1.82, 2.24) is 0 Å². The van der Waals surface area contributed by atoms with Crippen LogP contribution < -0.4 is 4.74 Å². The molecule has 20 heavy (non-hydrogen) atoms. The number of rotatable bonds is 5. The summed E-state index contributed by atoms with van der Waals surface area (Å²) in [6.07, 6.45) is 4.04. The molecule has 1 aromatic carbocycles. The predicted molar refractivity (Wildman–Crippen MR) is 86.6 cm³/mol. The van der Waals surface area contributed by atoms with Crippen molar-refractivity contribution >= 4 is 15.9 Å². The number of para-hydroxylation sites is 1. The van der Waals surface area contributed by atoms with E-state index in [0.717, 1.165) is 28.5 Å². The topological polar surface area (TPSA) is 18.5 Å². The molecule has 4 unspecified atom stereocenters. The second-order valence-corrected chi connectivity index (χ2v) is 6.56. The fourth-order valence-corrected chi connectivity index (χ4v) is 3.48. The van der Waals surface area contributed by atoms with E-state index in [4.69, 9.17) is 9.47 Å². The Labute approximate surface area is 131 Å². The van der Waals surface area contributed by atoms with E-state index in [0.29, 0.717) is 6.10 Å². The highest BCUT2D eigenvalue weighted by molar-refractivity contribution is 9.09. The average molecular weight is 341 g/mol. The molecule has 1 aromatic rings. The zero-order valence-corrected chi connectivity index (χ0v) is 14.2. The van der Waals surface area contributed by atoms with Gasteiger partial charge in [0.1, 0.15) is 5.75 Å². The highest BCUT2D eigenvalue weighted by Crippen LogP contribution is 2.36. The number of hydrogen-bond acceptors (Lipinski definition) is 2. The Hall–Kier alpha value is -0.540. The van der Waals surface area contributed by atoms with Crippen molar-refractivity contribution in [2.24, 2.45) is 11.8 Å². The molecule has 0 aliphatic heterocycles. The Balaban J connectivity index is 2.05. The van der Waals surface area contributed by atoms with Crippen LogP contribution in [0, 0.1) is 11.8 Å². The molecule has 0 saturated heterocycles. The summed E-state index contributed by atoms with van der Waals surface area (Å²) < 4.78 is 11.8. The lowest BCUT2D eigenvalue weighted by atomic mass is 9.80. The van der Waals surface area contributed by atoms with Gasteiger partial charge in [-0.2, -0.15) is 0 Å². The Bertz CT molecular complexity index is 421. The lowest BCUT2D eigenvalue weighted by molar-refractivity contribution is -0.0390. The SMILES string of the molecule is COc1ccccc1C(CBr)OC1CCC(C)C(C)C1. The van der Waals surface area contributed by atoms with Crippen molar-refractivity contribution in [3.8, 4) is 5.75 Å². The maximum Gasteiger partial charge on any atom is 0.124 e. The predicted octanol–water partition coefficient (Wildman–Crippen LogP) is 4.97. The Morgan fingerprint density at radius 3 is 2.60 bits per heavy atom. The molecule has 0 spiro atoms. The quantitative estimate of drug-likeness (QED) is 0.704. The first-order valence-electron chi connectivity index (χ1n) is 7.50. The molecule has 112 valence electrons. The van der Waals surface area contributed by atoms with Gasteiger partial charge in [0.25, 0.3) is 0 Å². The van der Waals surface area contributed by atoms with Gasteiger partial charge in [-0.25, -0.2) is 0 Å². The molecule has 4 atom stereocenters. The zero-order valence-electron chi connectivity index (χ0n) is 12.6. The van der Waals surface area contributed by atoms with E-state index in [1.165, 1.54) is 19.3 Å². The first-order chi connectivity index (χ1) is 9.65. The van der Waals surface area contributed by atoms with Crippen molar-refractivity contribution in [2.75, 3.05) is 12.4 Å². The van der Waals surface area contributed by atoms with Crippen LogP contribution in [0.15, 0.2) is 24.3 Å². The molecule has 1 aliphatic rings. The first kappa shape index (κ1) is 15.8. The van der Waals surface area contributed by atoms with Crippen LogP contribution in [0.3, 0.4) is 0 Å². The van der Waals surface area contributed by atoms with E-state index in [2.05, 4.69) is 35.8 Å². The van der Waals surface area contributed by atoms with E-state index >= 15 is 0 Å². The third-order valence-electron chi connectivity index (χ3n) is 4.53. The Morgan fingerprint density at radius 2 is 1.95 bits per heavy atom. The van der Waals surface area contributed by atoms with E-state index < -0.39 is 0 Å². The number of halogens is 1. The number of methoxy groups -OCH3 is 1. The van der Waals surface area contributed by atoms with Crippen molar-refractivity contribution in [2.45, 2.75) is 45.3 Å². The average Bonchev–Trinajstić information content (AvgIpc) is 2.48. The lowest BCUT2D eigenvalue weighted by Crippen LogP contribution is -2.28. The van der Waals surface area contributed by atoms with Crippen molar-refractivity contribution in [3.63, 3.8) is 0 Å². The van der Waals surface area contributed by atoms with Crippen LogP contribution in [0.25, 0.3) is 0 Å². The maximum absolute atomic E-state index is 6.36. The fraction of sp³-hybridized carbons (Fsp3) is 0.647. The largest absolute Gasteiger partial charge is 0.496 e. The minimum absolute atomic E-state index is 0.0664. The second-order valence-electron chi connectivity index (χ2n) is 5.91. The van der Waals surface area contributed by atoms with Gasteiger partial charge in [-0.15, -0.1) is 0 Å². The minimum Gasteiger partial charge on any atom is -0.496 e. The molecule has 0 radical (unpaired) electrons. The monoisotopic (exact) mass is 340 g/mol. The van der Waals surface area contributed by atoms with Crippen LogP contribution in [-0.2, 0) is 4.74 Å². The van der Waals surface area contributed by atoms with E-state index in [9.17, 15) is 0 Å². The molecule has 0 amide bonds. The summed E-state index contributed by atoms with van der Waals surface area (Å²) in [6.45, 7) is 4.69. The summed E-state index contributed by atoms with van der Waals surface area (Å²) in [5.41, 5.74) is 1.14. The summed E-state index contributed by atoms with van der Waals surface area (Å²) in [6, 6.07) is 8.14. The van der Waals surface area contributed by atoms with Gasteiger partial charge >= 0.3 is 0 Å². The summed E-state index contributed by atoms with van der Waals surface area (Å²) in [4.78, 5) is 0. The van der Waals surface area contributed by atoms with Gasteiger partial charge in [0.15, 0.2) is 0 Å². The standard InChI is InChI=1S/C17H25BrO2/c1-12-8-9-14(10-13(12)2)20-17(11-18)15-6-4-5-7-16(15)19-3/h4-7,12-14,17H,8-11H2,1-3H3. The van der Waals surface area contributed by atoms with E-state index in [1.807, 2.05) is 18.2 Å². The normalized spacial score (nSPS) is 28.1. The molecule has 1 fully saturated rings. The minimum atomic E-state index is 0.0664. The number of benzene rings is 1. The highest BCUT2D eigenvalue weighted by Gasteiger charge is 2.28. The van der Waals surface area contributed by atoms with Crippen LogP contribution >= 0.6 is 15.9 Å². The van der Waals surface area contributed by atoms with Crippen LogP contribution in [0.5, 0.6) is 5.75 Å². The van der Waals surface area contributed by atoms with Gasteiger partial charge in [0.05, 0.1) is 19.3 Å². The summed E-state index contributed by atoms with van der Waals surface area (Å²) in [7, 11) is 1.72. The molecule has 0 N–H and O–H groups in total. The zero-order chi connectivity index (χ0) is 14.5. The summed E-state index contributed by atoms with van der Waals surface area (Å²) in [5.74, 6) is 2.49. The van der Waals surface area contributed by atoms with E-state index in [-0.39, 0.29) is 6.10 Å². The molecule has 1 aliphatic carbocycles. The summed E-state index contributed by atoms with van der Waals surface area (Å²) in [5, 5.41) is 0.799. The molecule has 0 bridgehead atoms. The van der Waals surface area contributed by atoms with Crippen LogP contribution in [0.1, 0.15) is 44.8 Å². The van der Waals surface area contributed by atoms with Gasteiger partial charge < -0.3 is 9.47 Å². The number of alkyl halides is 1. The lowest BCUT2D eigenvalue weighted by Gasteiger charge is -2.34. The molecule has 0 heterocycles. The molecule has 2 nitrogen and oxygen atoms in total. The van der Waals surface area contributed by atoms with Gasteiger partial charge in [-0.1, -0.05) is 48.0 Å². The number of hydrogen-bond donors (Lipinski definition) is 0. The molecular weight excluding hydrogens is 316 g/mol. The van der Waals surface area contributed by atoms with Gasteiger partial charge in [0.2, 0.25) is 0 Å². The van der Waals surface area contributed by atoms with Gasteiger partial charge in [-0.05, 0) is 37.2 Å². The second kappa shape index (κ2) is 7.46. The first-order valence-corrected chi connectivity index (χ1v) is 8.62.